The molecule has 2 aromatic heterocycles. The Balaban J connectivity index is 1.98. The van der Waals surface area contributed by atoms with Crippen LogP contribution in [0.2, 0.25) is 0 Å². The van der Waals surface area contributed by atoms with Crippen molar-refractivity contribution in [2.24, 2.45) is 0 Å². The molecule has 0 unspecified atom stereocenters. The quantitative estimate of drug-likeness (QED) is 0.529. The maximum Gasteiger partial charge on any atom is 0.312 e. The van der Waals surface area contributed by atoms with Crippen molar-refractivity contribution in [1.29, 1.82) is 0 Å². The first kappa shape index (κ1) is 19.6. The Morgan fingerprint density at radius 1 is 1.31 bits per heavy atom. The summed E-state index contributed by atoms with van der Waals surface area (Å²) < 4.78 is 3.03. The van der Waals surface area contributed by atoms with Crippen molar-refractivity contribution in [3.8, 4) is 0 Å². The van der Waals surface area contributed by atoms with E-state index < -0.39 is 4.92 Å². The molecular formula is C16H25N7O3. The molecule has 0 aliphatic rings. The van der Waals surface area contributed by atoms with E-state index in [4.69, 9.17) is 0 Å². The van der Waals surface area contributed by atoms with Crippen LogP contribution in [0.4, 0.5) is 5.69 Å². The third-order valence-corrected chi connectivity index (χ3v) is 4.29. The molecule has 0 radical (unpaired) electrons. The van der Waals surface area contributed by atoms with Gasteiger partial charge in [0, 0.05) is 19.3 Å². The van der Waals surface area contributed by atoms with Crippen LogP contribution >= 0.6 is 0 Å². The van der Waals surface area contributed by atoms with Crippen LogP contribution in [0.25, 0.3) is 0 Å². The molecule has 2 rings (SSSR count). The highest BCUT2D eigenvalue weighted by molar-refractivity contribution is 5.92. The van der Waals surface area contributed by atoms with Gasteiger partial charge in [0.1, 0.15) is 23.8 Å². The van der Waals surface area contributed by atoms with E-state index in [1.54, 1.807) is 26.1 Å². The van der Waals surface area contributed by atoms with E-state index in [0.717, 1.165) is 19.6 Å². The summed E-state index contributed by atoms with van der Waals surface area (Å²) in [6, 6.07) is 1.62. The summed E-state index contributed by atoms with van der Waals surface area (Å²) >= 11 is 0. The van der Waals surface area contributed by atoms with Gasteiger partial charge >= 0.3 is 5.69 Å². The molecule has 2 aromatic rings. The molecule has 0 atom stereocenters. The summed E-state index contributed by atoms with van der Waals surface area (Å²) in [6.07, 6.45) is 1.65. The van der Waals surface area contributed by atoms with E-state index >= 15 is 0 Å². The van der Waals surface area contributed by atoms with Crippen molar-refractivity contribution in [1.82, 2.24) is 29.8 Å². The Morgan fingerprint density at radius 3 is 2.58 bits per heavy atom. The molecule has 10 heteroatoms. The van der Waals surface area contributed by atoms with E-state index in [-0.39, 0.29) is 18.3 Å². The molecule has 0 saturated heterocycles. The Hall–Kier alpha value is -2.75. The zero-order valence-corrected chi connectivity index (χ0v) is 15.6. The maximum atomic E-state index is 12.2. The number of carbonyl (C=O) groups is 1. The van der Waals surface area contributed by atoms with E-state index in [2.05, 4.69) is 34.3 Å². The van der Waals surface area contributed by atoms with Gasteiger partial charge in [0.05, 0.1) is 4.92 Å². The summed E-state index contributed by atoms with van der Waals surface area (Å²) in [5.41, 5.74) is 1.12. The average Bonchev–Trinajstić information content (AvgIpc) is 3.16. The molecule has 0 fully saturated rings. The number of amides is 1. The first-order valence-electron chi connectivity index (χ1n) is 8.59. The second-order valence-corrected chi connectivity index (χ2v) is 5.94. The van der Waals surface area contributed by atoms with Gasteiger partial charge in [0.2, 0.25) is 0 Å². The van der Waals surface area contributed by atoms with Crippen molar-refractivity contribution in [3.63, 3.8) is 0 Å². The summed E-state index contributed by atoms with van der Waals surface area (Å²) in [4.78, 5) is 25.0. The lowest BCUT2D eigenvalue weighted by atomic mass is 10.3. The second kappa shape index (κ2) is 8.56. The highest BCUT2D eigenvalue weighted by atomic mass is 16.6. The maximum absolute atomic E-state index is 12.2. The van der Waals surface area contributed by atoms with Gasteiger partial charge in [-0.25, -0.2) is 4.68 Å². The topological polar surface area (TPSA) is 111 Å². The van der Waals surface area contributed by atoms with E-state index in [0.29, 0.717) is 23.6 Å². The fourth-order valence-corrected chi connectivity index (χ4v) is 2.75. The molecule has 0 bridgehead atoms. The molecular weight excluding hydrogens is 338 g/mol. The van der Waals surface area contributed by atoms with Crippen molar-refractivity contribution >= 4 is 11.6 Å². The molecule has 0 aliphatic carbocycles. The number of nitrogens with zero attached hydrogens (tertiary/aromatic N) is 6. The summed E-state index contributed by atoms with van der Waals surface area (Å²) in [7, 11) is 0. The van der Waals surface area contributed by atoms with Crippen LogP contribution < -0.4 is 5.32 Å². The molecule has 0 saturated carbocycles. The molecule has 0 spiro atoms. The molecule has 142 valence electrons. The van der Waals surface area contributed by atoms with Crippen LogP contribution in [0, 0.1) is 24.0 Å². The largest absolute Gasteiger partial charge is 0.349 e. The van der Waals surface area contributed by atoms with Gasteiger partial charge in [0.25, 0.3) is 5.91 Å². The predicted molar refractivity (Wildman–Crippen MR) is 96.1 cm³/mol. The standard InChI is InChI=1S/C16H25N7O3/c1-5-20(6-2)10-8-17-16(24)14-7-9-21(19-14)11-22-13(4)15(23(25)26)12(3)18-22/h7,9H,5-6,8,10-11H2,1-4H3,(H,17,24). The SMILES string of the molecule is CCN(CC)CCNC(=O)c1ccn(Cn2nc(C)c([N+](=O)[O-])c2C)n1. The van der Waals surface area contributed by atoms with Crippen LogP contribution in [0.3, 0.4) is 0 Å². The van der Waals surface area contributed by atoms with Crippen molar-refractivity contribution in [2.45, 2.75) is 34.4 Å². The van der Waals surface area contributed by atoms with Gasteiger partial charge in [0.15, 0.2) is 0 Å². The van der Waals surface area contributed by atoms with Crippen molar-refractivity contribution < 1.29 is 9.72 Å². The molecule has 0 aromatic carbocycles. The van der Waals surface area contributed by atoms with Gasteiger partial charge in [-0.05, 0) is 33.0 Å². The molecule has 0 aliphatic heterocycles. The van der Waals surface area contributed by atoms with Gasteiger partial charge in [-0.1, -0.05) is 13.8 Å². The number of hydrogen-bond acceptors (Lipinski definition) is 6. The second-order valence-electron chi connectivity index (χ2n) is 5.94. The van der Waals surface area contributed by atoms with Gasteiger partial charge in [-0.2, -0.15) is 10.2 Å². The summed E-state index contributed by atoms with van der Waals surface area (Å²) in [5.74, 6) is -0.241. The molecule has 10 nitrogen and oxygen atoms in total. The molecule has 2 heterocycles. The number of nitro groups is 1. The summed E-state index contributed by atoms with van der Waals surface area (Å²) in [5, 5.41) is 22.3. The normalized spacial score (nSPS) is 11.1. The smallest absolute Gasteiger partial charge is 0.312 e. The Morgan fingerprint density at radius 2 is 2.00 bits per heavy atom. The lowest BCUT2D eigenvalue weighted by Crippen LogP contribution is -2.35. The zero-order valence-electron chi connectivity index (χ0n) is 15.6. The minimum Gasteiger partial charge on any atom is -0.349 e. The van der Waals surface area contributed by atoms with Gasteiger partial charge in [-0.15, -0.1) is 0 Å². The third-order valence-electron chi connectivity index (χ3n) is 4.29. The first-order chi connectivity index (χ1) is 12.4. The van der Waals surface area contributed by atoms with Crippen LogP contribution in [-0.4, -0.2) is 61.5 Å². The number of rotatable bonds is 9. The monoisotopic (exact) mass is 363 g/mol. The molecule has 1 amide bonds. The minimum atomic E-state index is -0.438. The van der Waals surface area contributed by atoms with Gasteiger partial charge in [-0.3, -0.25) is 19.6 Å². The summed E-state index contributed by atoms with van der Waals surface area (Å²) in [6.45, 7) is 10.8. The number of carbonyl (C=O) groups excluding carboxylic acids is 1. The van der Waals surface area contributed by atoms with E-state index in [1.165, 1.54) is 9.36 Å². The Labute approximate surface area is 151 Å². The predicted octanol–water partition coefficient (Wildman–Crippen LogP) is 1.18. The van der Waals surface area contributed by atoms with Crippen LogP contribution in [-0.2, 0) is 6.67 Å². The number of aryl methyl sites for hydroxylation is 1. The zero-order chi connectivity index (χ0) is 19.3. The lowest BCUT2D eigenvalue weighted by Gasteiger charge is -2.17. The highest BCUT2D eigenvalue weighted by Crippen LogP contribution is 2.21. The van der Waals surface area contributed by atoms with Crippen LogP contribution in [0.5, 0.6) is 0 Å². The van der Waals surface area contributed by atoms with Crippen LogP contribution in [0.15, 0.2) is 12.3 Å². The van der Waals surface area contributed by atoms with E-state index in [1.807, 2.05) is 0 Å². The molecule has 26 heavy (non-hydrogen) atoms. The first-order valence-corrected chi connectivity index (χ1v) is 8.59. The number of aromatic nitrogens is 4. The lowest BCUT2D eigenvalue weighted by molar-refractivity contribution is -0.386. The van der Waals surface area contributed by atoms with Crippen molar-refractivity contribution in [2.75, 3.05) is 26.2 Å². The highest BCUT2D eigenvalue weighted by Gasteiger charge is 2.22. The van der Waals surface area contributed by atoms with Gasteiger partial charge < -0.3 is 10.2 Å². The van der Waals surface area contributed by atoms with Crippen molar-refractivity contribution in [3.05, 3.63) is 39.5 Å². The Bertz CT molecular complexity index is 777. The number of likely N-dealkylation sites (N-methyl/N-ethyl adjacent to an activating group) is 1. The Kier molecular flexibility index (Phi) is 6.45. The average molecular weight is 363 g/mol. The van der Waals surface area contributed by atoms with E-state index in [9.17, 15) is 14.9 Å². The minimum absolute atomic E-state index is 0.00604. The van der Waals surface area contributed by atoms with Crippen LogP contribution in [0.1, 0.15) is 35.7 Å². The fourth-order valence-electron chi connectivity index (χ4n) is 2.75. The number of hydrogen-bond donors (Lipinski definition) is 1. The molecule has 1 N–H and O–H groups in total. The number of nitrogens with one attached hydrogen (secondary N) is 1. The fraction of sp³-hybridized carbons (Fsp3) is 0.562. The third kappa shape index (κ3) is 4.45.